The molecule has 0 spiro atoms. The number of anilines is 1. The second-order valence-electron chi connectivity index (χ2n) is 5.94. The Balaban J connectivity index is 1.65. The van der Waals surface area contributed by atoms with E-state index < -0.39 is 0 Å². The molecule has 0 amide bonds. The SMILES string of the molecule is S=C(Nc1ccc(Cl)cc1)N1CCn2cccc2[C@@H]1c1ccncc1. The predicted octanol–water partition coefficient (Wildman–Crippen LogP) is 4.34. The summed E-state index contributed by atoms with van der Waals surface area (Å²) in [6.45, 7) is 1.75. The van der Waals surface area contributed by atoms with Crippen LogP contribution in [0.15, 0.2) is 67.1 Å². The van der Waals surface area contributed by atoms with Crippen molar-refractivity contribution in [3.8, 4) is 0 Å². The minimum atomic E-state index is 0.0686. The van der Waals surface area contributed by atoms with Gasteiger partial charge < -0.3 is 14.8 Å². The Morgan fingerprint density at radius 3 is 2.60 bits per heavy atom. The summed E-state index contributed by atoms with van der Waals surface area (Å²) in [7, 11) is 0. The molecule has 4 nitrogen and oxygen atoms in total. The first-order chi connectivity index (χ1) is 12.2. The molecule has 4 rings (SSSR count). The van der Waals surface area contributed by atoms with Crippen LogP contribution in [-0.2, 0) is 6.54 Å². The third-order valence-electron chi connectivity index (χ3n) is 4.42. The summed E-state index contributed by atoms with van der Waals surface area (Å²) in [6.07, 6.45) is 5.77. The highest BCUT2D eigenvalue weighted by molar-refractivity contribution is 7.80. The van der Waals surface area contributed by atoms with Gasteiger partial charge >= 0.3 is 0 Å². The van der Waals surface area contributed by atoms with Gasteiger partial charge in [0.2, 0.25) is 0 Å². The number of nitrogens with zero attached hydrogens (tertiary/aromatic N) is 3. The number of halogens is 1. The van der Waals surface area contributed by atoms with E-state index >= 15 is 0 Å². The van der Waals surface area contributed by atoms with Gasteiger partial charge in [-0.3, -0.25) is 4.98 Å². The Morgan fingerprint density at radius 2 is 1.84 bits per heavy atom. The number of fused-ring (bicyclic) bond motifs is 1. The van der Waals surface area contributed by atoms with E-state index in [1.165, 1.54) is 11.3 Å². The number of benzene rings is 1. The van der Waals surface area contributed by atoms with E-state index in [0.717, 1.165) is 18.8 Å². The number of nitrogens with one attached hydrogen (secondary N) is 1. The van der Waals surface area contributed by atoms with Crippen LogP contribution in [0, 0.1) is 0 Å². The van der Waals surface area contributed by atoms with Crippen molar-refractivity contribution in [1.29, 1.82) is 0 Å². The van der Waals surface area contributed by atoms with E-state index in [0.29, 0.717) is 10.1 Å². The summed E-state index contributed by atoms with van der Waals surface area (Å²) in [6, 6.07) is 16.0. The number of rotatable bonds is 2. The molecule has 0 radical (unpaired) electrons. The monoisotopic (exact) mass is 368 g/mol. The maximum absolute atomic E-state index is 5.96. The number of pyridine rings is 1. The third-order valence-corrected chi connectivity index (χ3v) is 5.01. The van der Waals surface area contributed by atoms with Crippen LogP contribution in [0.4, 0.5) is 5.69 Å². The van der Waals surface area contributed by atoms with Crippen molar-refractivity contribution in [3.63, 3.8) is 0 Å². The molecule has 0 fully saturated rings. The maximum Gasteiger partial charge on any atom is 0.174 e. The van der Waals surface area contributed by atoms with Gasteiger partial charge in [-0.1, -0.05) is 11.6 Å². The van der Waals surface area contributed by atoms with E-state index in [9.17, 15) is 0 Å². The first kappa shape index (κ1) is 16.1. The van der Waals surface area contributed by atoms with Crippen molar-refractivity contribution in [2.24, 2.45) is 0 Å². The van der Waals surface area contributed by atoms with Gasteiger partial charge in [0.25, 0.3) is 0 Å². The fourth-order valence-electron chi connectivity index (χ4n) is 3.23. The second-order valence-corrected chi connectivity index (χ2v) is 6.76. The van der Waals surface area contributed by atoms with Crippen molar-refractivity contribution < 1.29 is 0 Å². The van der Waals surface area contributed by atoms with E-state index in [4.69, 9.17) is 23.8 Å². The van der Waals surface area contributed by atoms with Gasteiger partial charge in [-0.2, -0.15) is 0 Å². The smallest absolute Gasteiger partial charge is 0.174 e. The van der Waals surface area contributed by atoms with Crippen LogP contribution in [0.3, 0.4) is 0 Å². The van der Waals surface area contributed by atoms with Gasteiger partial charge in [-0.25, -0.2) is 0 Å². The molecule has 25 heavy (non-hydrogen) atoms. The molecule has 3 aromatic rings. The van der Waals surface area contributed by atoms with Crippen LogP contribution in [0.25, 0.3) is 0 Å². The number of thiocarbonyl (C=S) groups is 1. The summed E-state index contributed by atoms with van der Waals surface area (Å²) in [5, 5.41) is 4.75. The summed E-state index contributed by atoms with van der Waals surface area (Å²) >= 11 is 11.7. The molecule has 0 saturated carbocycles. The van der Waals surface area contributed by atoms with Gasteiger partial charge in [-0.05, 0) is 66.3 Å². The number of hydrogen-bond donors (Lipinski definition) is 1. The van der Waals surface area contributed by atoms with Crippen LogP contribution >= 0.6 is 23.8 Å². The second kappa shape index (κ2) is 6.86. The standard InChI is InChI=1S/C19H17ClN4S/c20-15-3-5-16(6-4-15)22-19(25)24-13-12-23-11-1-2-17(23)18(24)14-7-9-21-10-8-14/h1-11,18H,12-13H2,(H,22,25)/t18-/m0/s1. The summed E-state index contributed by atoms with van der Waals surface area (Å²) < 4.78 is 2.28. The molecule has 0 unspecified atom stereocenters. The molecule has 6 heteroatoms. The molecule has 2 aromatic heterocycles. The first-order valence-electron chi connectivity index (χ1n) is 8.10. The lowest BCUT2D eigenvalue weighted by atomic mass is 10.0. The first-order valence-corrected chi connectivity index (χ1v) is 8.89. The van der Waals surface area contributed by atoms with Crippen LogP contribution in [0.1, 0.15) is 17.3 Å². The van der Waals surface area contributed by atoms with Crippen LogP contribution < -0.4 is 5.32 Å². The molecule has 1 N–H and O–H groups in total. The Morgan fingerprint density at radius 1 is 1.08 bits per heavy atom. The molecule has 1 aromatic carbocycles. The zero-order valence-corrected chi connectivity index (χ0v) is 15.0. The van der Waals surface area contributed by atoms with Crippen LogP contribution in [-0.4, -0.2) is 26.1 Å². The van der Waals surface area contributed by atoms with Gasteiger partial charge in [0, 0.05) is 48.1 Å². The molecular weight excluding hydrogens is 352 g/mol. The van der Waals surface area contributed by atoms with Gasteiger partial charge in [0.1, 0.15) is 0 Å². The maximum atomic E-state index is 5.96. The van der Waals surface area contributed by atoms with Gasteiger partial charge in [-0.15, -0.1) is 0 Å². The topological polar surface area (TPSA) is 33.1 Å². The lowest BCUT2D eigenvalue weighted by Gasteiger charge is -2.39. The lowest BCUT2D eigenvalue weighted by Crippen LogP contribution is -2.44. The van der Waals surface area contributed by atoms with Gasteiger partial charge in [0.05, 0.1) is 6.04 Å². The number of aromatic nitrogens is 2. The van der Waals surface area contributed by atoms with E-state index in [-0.39, 0.29) is 6.04 Å². The summed E-state index contributed by atoms with van der Waals surface area (Å²) in [5.41, 5.74) is 3.34. The Labute approximate surface area is 157 Å². The molecule has 1 aliphatic heterocycles. The molecule has 126 valence electrons. The van der Waals surface area contributed by atoms with Crippen molar-refractivity contribution in [3.05, 3.63) is 83.4 Å². The Hall–Kier alpha value is -2.37. The molecule has 0 aliphatic carbocycles. The Kier molecular flexibility index (Phi) is 4.42. The Bertz CT molecular complexity index is 876. The highest BCUT2D eigenvalue weighted by atomic mass is 35.5. The fraction of sp³-hybridized carbons (Fsp3) is 0.158. The highest BCUT2D eigenvalue weighted by Crippen LogP contribution is 2.32. The minimum Gasteiger partial charge on any atom is -0.348 e. The third kappa shape index (κ3) is 3.25. The van der Waals surface area contributed by atoms with Crippen molar-refractivity contribution >= 4 is 34.6 Å². The van der Waals surface area contributed by atoms with Crippen LogP contribution in [0.2, 0.25) is 5.02 Å². The molecular formula is C19H17ClN4S. The van der Waals surface area contributed by atoms with Gasteiger partial charge in [0.15, 0.2) is 5.11 Å². The normalized spacial score (nSPS) is 16.4. The van der Waals surface area contributed by atoms with E-state index in [1.54, 1.807) is 0 Å². The largest absolute Gasteiger partial charge is 0.348 e. The summed E-state index contributed by atoms with van der Waals surface area (Å²) in [4.78, 5) is 6.37. The number of hydrogen-bond acceptors (Lipinski definition) is 2. The molecule has 1 atom stereocenters. The molecule has 0 saturated heterocycles. The van der Waals surface area contributed by atoms with E-state index in [2.05, 4.69) is 38.1 Å². The minimum absolute atomic E-state index is 0.0686. The van der Waals surface area contributed by atoms with Crippen molar-refractivity contribution in [2.45, 2.75) is 12.6 Å². The quantitative estimate of drug-likeness (QED) is 0.682. The average molecular weight is 369 g/mol. The van der Waals surface area contributed by atoms with Crippen molar-refractivity contribution in [2.75, 3.05) is 11.9 Å². The molecule has 1 aliphatic rings. The van der Waals surface area contributed by atoms with Crippen LogP contribution in [0.5, 0.6) is 0 Å². The fourth-order valence-corrected chi connectivity index (χ4v) is 3.67. The zero-order chi connectivity index (χ0) is 17.2. The van der Waals surface area contributed by atoms with Crippen molar-refractivity contribution in [1.82, 2.24) is 14.5 Å². The molecule has 3 heterocycles. The summed E-state index contributed by atoms with van der Waals surface area (Å²) in [5.74, 6) is 0. The average Bonchev–Trinajstić information content (AvgIpc) is 3.12. The van der Waals surface area contributed by atoms with E-state index in [1.807, 2.05) is 48.8 Å². The predicted molar refractivity (Wildman–Crippen MR) is 105 cm³/mol. The lowest BCUT2D eigenvalue weighted by molar-refractivity contribution is 0.293. The zero-order valence-electron chi connectivity index (χ0n) is 13.5. The molecule has 0 bridgehead atoms. The highest BCUT2D eigenvalue weighted by Gasteiger charge is 2.30.